The highest BCUT2D eigenvalue weighted by molar-refractivity contribution is 5.61. The summed E-state index contributed by atoms with van der Waals surface area (Å²) in [6, 6.07) is 3.88. The van der Waals surface area contributed by atoms with Crippen molar-refractivity contribution in [2.45, 2.75) is 32.7 Å². The second-order valence-electron chi connectivity index (χ2n) is 5.54. The van der Waals surface area contributed by atoms with Crippen LogP contribution in [-0.4, -0.2) is 14.5 Å². The van der Waals surface area contributed by atoms with E-state index in [4.69, 9.17) is 5.73 Å². The Morgan fingerprint density at radius 1 is 1.44 bits per heavy atom. The zero-order chi connectivity index (χ0) is 12.6. The molecule has 0 amide bonds. The van der Waals surface area contributed by atoms with E-state index < -0.39 is 0 Å². The lowest BCUT2D eigenvalue weighted by atomic mass is 9.70. The van der Waals surface area contributed by atoms with E-state index in [1.807, 2.05) is 24.7 Å². The molecule has 2 aromatic heterocycles. The van der Waals surface area contributed by atoms with Crippen LogP contribution < -0.4 is 5.73 Å². The molecule has 18 heavy (non-hydrogen) atoms. The molecule has 0 atom stereocenters. The lowest BCUT2D eigenvalue weighted by molar-refractivity contribution is 0.133. The lowest BCUT2D eigenvalue weighted by Gasteiger charge is -2.39. The molecule has 1 fully saturated rings. The zero-order valence-electron chi connectivity index (χ0n) is 10.6. The minimum Gasteiger partial charge on any atom is -0.384 e. The normalized spacial score (nSPS) is 17.4. The van der Waals surface area contributed by atoms with Crippen LogP contribution >= 0.6 is 0 Å². The summed E-state index contributed by atoms with van der Waals surface area (Å²) in [5.41, 5.74) is 8.39. The van der Waals surface area contributed by atoms with Gasteiger partial charge in [-0.3, -0.25) is 0 Å². The number of anilines is 1. The summed E-state index contributed by atoms with van der Waals surface area (Å²) in [5, 5.41) is 0. The molecule has 0 saturated heterocycles. The molecule has 1 aliphatic carbocycles. The number of nitrogens with two attached hydrogens (primary N) is 1. The van der Waals surface area contributed by atoms with Crippen molar-refractivity contribution in [3.63, 3.8) is 0 Å². The Labute approximate surface area is 107 Å². The molecule has 2 N–H and O–H groups in total. The molecule has 2 aromatic rings. The maximum atomic E-state index is 5.74. The number of hydrogen-bond acceptors (Lipinski definition) is 3. The van der Waals surface area contributed by atoms with Gasteiger partial charge in [0.1, 0.15) is 5.82 Å². The second kappa shape index (κ2) is 4.12. The maximum Gasteiger partial charge on any atom is 0.123 e. The van der Waals surface area contributed by atoms with Crippen LogP contribution in [0.4, 0.5) is 5.82 Å². The van der Waals surface area contributed by atoms with Gasteiger partial charge in [-0.2, -0.15) is 0 Å². The third-order valence-corrected chi connectivity index (χ3v) is 3.90. The van der Waals surface area contributed by atoms with E-state index in [0.717, 1.165) is 17.8 Å². The first-order valence-corrected chi connectivity index (χ1v) is 6.38. The lowest BCUT2D eigenvalue weighted by Crippen LogP contribution is -2.30. The van der Waals surface area contributed by atoms with Gasteiger partial charge >= 0.3 is 0 Å². The smallest absolute Gasteiger partial charge is 0.123 e. The van der Waals surface area contributed by atoms with E-state index >= 15 is 0 Å². The van der Waals surface area contributed by atoms with E-state index in [1.165, 1.54) is 19.3 Å². The summed E-state index contributed by atoms with van der Waals surface area (Å²) in [6.07, 6.45) is 9.52. The summed E-state index contributed by atoms with van der Waals surface area (Å²) >= 11 is 0. The number of nitrogen functional groups attached to an aromatic ring is 1. The molecule has 0 aliphatic heterocycles. The van der Waals surface area contributed by atoms with Gasteiger partial charge in [-0.1, -0.05) is 13.3 Å². The minimum absolute atomic E-state index is 0.439. The van der Waals surface area contributed by atoms with Crippen molar-refractivity contribution >= 4 is 5.82 Å². The van der Waals surface area contributed by atoms with Gasteiger partial charge in [0.2, 0.25) is 0 Å². The Bertz CT molecular complexity index is 554. The average Bonchev–Trinajstić information content (AvgIpc) is 2.75. The summed E-state index contributed by atoms with van der Waals surface area (Å²) in [4.78, 5) is 8.30. The van der Waals surface area contributed by atoms with Crippen LogP contribution in [0.5, 0.6) is 0 Å². The predicted molar refractivity (Wildman–Crippen MR) is 71.8 cm³/mol. The predicted octanol–water partition coefficient (Wildman–Crippen LogP) is 2.72. The summed E-state index contributed by atoms with van der Waals surface area (Å²) in [6.45, 7) is 3.38. The molecule has 0 aromatic carbocycles. The Morgan fingerprint density at radius 2 is 2.28 bits per heavy atom. The highest BCUT2D eigenvalue weighted by atomic mass is 15.1. The summed E-state index contributed by atoms with van der Waals surface area (Å²) < 4.78 is 2.23. The third kappa shape index (κ3) is 1.98. The van der Waals surface area contributed by atoms with Crippen molar-refractivity contribution in [3.05, 3.63) is 30.9 Å². The molecule has 0 bridgehead atoms. The fourth-order valence-corrected chi connectivity index (χ4v) is 2.64. The van der Waals surface area contributed by atoms with Gasteiger partial charge in [0.25, 0.3) is 0 Å². The second-order valence-corrected chi connectivity index (χ2v) is 5.54. The fourth-order valence-electron chi connectivity index (χ4n) is 2.64. The van der Waals surface area contributed by atoms with E-state index in [-0.39, 0.29) is 0 Å². The maximum absolute atomic E-state index is 5.74. The van der Waals surface area contributed by atoms with Crippen molar-refractivity contribution in [1.29, 1.82) is 0 Å². The van der Waals surface area contributed by atoms with E-state index in [0.29, 0.717) is 11.2 Å². The molecule has 1 saturated carbocycles. The van der Waals surface area contributed by atoms with Crippen LogP contribution in [0.1, 0.15) is 26.2 Å². The summed E-state index contributed by atoms with van der Waals surface area (Å²) in [5.74, 6) is 0.551. The van der Waals surface area contributed by atoms with Gasteiger partial charge in [-0.25, -0.2) is 9.97 Å². The molecular formula is C14H18N4. The average molecular weight is 242 g/mol. The van der Waals surface area contributed by atoms with E-state index in [2.05, 4.69) is 21.5 Å². The Morgan fingerprint density at radius 3 is 2.94 bits per heavy atom. The number of nitrogens with zero attached hydrogens (tertiary/aromatic N) is 3. The molecular weight excluding hydrogens is 224 g/mol. The van der Waals surface area contributed by atoms with Gasteiger partial charge in [-0.15, -0.1) is 0 Å². The van der Waals surface area contributed by atoms with Gasteiger partial charge < -0.3 is 10.3 Å². The van der Waals surface area contributed by atoms with Crippen LogP contribution in [-0.2, 0) is 6.54 Å². The van der Waals surface area contributed by atoms with Gasteiger partial charge in [-0.05, 0) is 30.4 Å². The monoisotopic (exact) mass is 242 g/mol. The molecule has 0 radical (unpaired) electrons. The quantitative estimate of drug-likeness (QED) is 0.900. The first-order chi connectivity index (χ1) is 8.66. The van der Waals surface area contributed by atoms with E-state index in [9.17, 15) is 0 Å². The SMILES string of the molecule is CC1(Cn2cncc2-c2ccnc(N)c2)CCC1. The Hall–Kier alpha value is -1.84. The third-order valence-electron chi connectivity index (χ3n) is 3.90. The molecule has 94 valence electrons. The number of rotatable bonds is 3. The number of pyridine rings is 1. The zero-order valence-corrected chi connectivity index (χ0v) is 10.6. The highest BCUT2D eigenvalue weighted by Crippen LogP contribution is 2.42. The number of hydrogen-bond donors (Lipinski definition) is 1. The van der Waals surface area contributed by atoms with Crippen molar-refractivity contribution in [3.8, 4) is 11.3 Å². The first kappa shape index (κ1) is 11.3. The molecule has 0 unspecified atom stereocenters. The van der Waals surface area contributed by atoms with Crippen molar-refractivity contribution < 1.29 is 0 Å². The fraction of sp³-hybridized carbons (Fsp3) is 0.429. The standard InChI is InChI=1S/C14H18N4/c1-14(4-2-5-14)9-18-10-16-8-12(18)11-3-6-17-13(15)7-11/h3,6-8,10H,2,4-5,9H2,1H3,(H2,15,17). The molecule has 3 rings (SSSR count). The molecule has 0 spiro atoms. The molecule has 4 heteroatoms. The van der Waals surface area contributed by atoms with Crippen LogP contribution in [0.2, 0.25) is 0 Å². The van der Waals surface area contributed by atoms with Crippen LogP contribution in [0.25, 0.3) is 11.3 Å². The number of aromatic nitrogens is 3. The van der Waals surface area contributed by atoms with Crippen molar-refractivity contribution in [2.75, 3.05) is 5.73 Å². The topological polar surface area (TPSA) is 56.7 Å². The first-order valence-electron chi connectivity index (χ1n) is 6.38. The Kier molecular flexibility index (Phi) is 2.58. The van der Waals surface area contributed by atoms with Crippen LogP contribution in [0, 0.1) is 5.41 Å². The highest BCUT2D eigenvalue weighted by Gasteiger charge is 2.32. The van der Waals surface area contributed by atoms with Gasteiger partial charge in [0.15, 0.2) is 0 Å². The van der Waals surface area contributed by atoms with Crippen LogP contribution in [0.3, 0.4) is 0 Å². The number of imidazole rings is 1. The summed E-state index contributed by atoms with van der Waals surface area (Å²) in [7, 11) is 0. The molecule has 2 heterocycles. The van der Waals surface area contributed by atoms with E-state index in [1.54, 1.807) is 6.20 Å². The van der Waals surface area contributed by atoms with Gasteiger partial charge in [0, 0.05) is 18.3 Å². The van der Waals surface area contributed by atoms with Crippen molar-refractivity contribution in [1.82, 2.24) is 14.5 Å². The van der Waals surface area contributed by atoms with Crippen molar-refractivity contribution in [2.24, 2.45) is 5.41 Å². The van der Waals surface area contributed by atoms with Gasteiger partial charge in [0.05, 0.1) is 18.2 Å². The minimum atomic E-state index is 0.439. The molecule has 4 nitrogen and oxygen atoms in total. The van der Waals surface area contributed by atoms with Crippen LogP contribution in [0.15, 0.2) is 30.9 Å². The molecule has 1 aliphatic rings. The Balaban J connectivity index is 1.91. The largest absolute Gasteiger partial charge is 0.384 e.